The number of halogens is 3. The predicted molar refractivity (Wildman–Crippen MR) is 107 cm³/mol. The van der Waals surface area contributed by atoms with Crippen molar-refractivity contribution in [3.8, 4) is 23.0 Å². The van der Waals surface area contributed by atoms with E-state index in [1.54, 1.807) is 24.3 Å². The molecule has 10 heteroatoms. The second-order valence-electron chi connectivity index (χ2n) is 6.48. The van der Waals surface area contributed by atoms with Gasteiger partial charge in [0.05, 0.1) is 16.0 Å². The molecule has 0 aliphatic heterocycles. The maximum absolute atomic E-state index is 12.8. The third kappa shape index (κ3) is 4.25. The Morgan fingerprint density at radius 2 is 1.71 bits per heavy atom. The average molecular weight is 448 g/mol. The molecule has 0 atom stereocenters. The number of rotatable bonds is 5. The molecule has 0 bridgehead atoms. The highest BCUT2D eigenvalue weighted by molar-refractivity contribution is 7.89. The van der Waals surface area contributed by atoms with Gasteiger partial charge in [-0.1, -0.05) is 12.1 Å². The minimum absolute atomic E-state index is 0.0491. The van der Waals surface area contributed by atoms with Crippen LogP contribution < -0.4 is 9.46 Å². The Morgan fingerprint density at radius 3 is 2.35 bits per heavy atom. The van der Waals surface area contributed by atoms with Crippen molar-refractivity contribution in [2.75, 3.05) is 7.05 Å². The summed E-state index contributed by atoms with van der Waals surface area (Å²) in [4.78, 5) is 4.32. The minimum atomic E-state index is -4.47. The number of nitrogens with one attached hydrogen (secondary N) is 1. The summed E-state index contributed by atoms with van der Waals surface area (Å²) in [5.74, 6) is 0.409. The molecular weight excluding hydrogens is 433 g/mol. The van der Waals surface area contributed by atoms with Crippen molar-refractivity contribution in [3.05, 3.63) is 72.3 Å². The maximum Gasteiger partial charge on any atom is 0.416 e. The topological polar surface area (TPSA) is 81.4 Å². The van der Waals surface area contributed by atoms with Crippen molar-refractivity contribution in [3.63, 3.8) is 0 Å². The molecule has 3 aromatic carbocycles. The zero-order valence-corrected chi connectivity index (χ0v) is 16.8. The smallest absolute Gasteiger partial charge is 0.416 e. The molecule has 0 aliphatic carbocycles. The van der Waals surface area contributed by atoms with E-state index >= 15 is 0 Å². The van der Waals surface area contributed by atoms with Crippen LogP contribution in [-0.2, 0) is 16.2 Å². The molecule has 0 saturated heterocycles. The number of oxazole rings is 1. The molecular formula is C21H15F3N2O4S. The highest BCUT2D eigenvalue weighted by Crippen LogP contribution is 2.37. The fourth-order valence-electron chi connectivity index (χ4n) is 2.88. The Morgan fingerprint density at radius 1 is 1.00 bits per heavy atom. The van der Waals surface area contributed by atoms with Crippen molar-refractivity contribution in [1.82, 2.24) is 9.71 Å². The summed E-state index contributed by atoms with van der Waals surface area (Å²) >= 11 is 0. The van der Waals surface area contributed by atoms with Gasteiger partial charge >= 0.3 is 6.18 Å². The number of ether oxygens (including phenoxy) is 1. The van der Waals surface area contributed by atoms with E-state index < -0.39 is 21.8 Å². The van der Waals surface area contributed by atoms with Crippen molar-refractivity contribution >= 4 is 21.1 Å². The van der Waals surface area contributed by atoms with Crippen molar-refractivity contribution in [1.29, 1.82) is 0 Å². The van der Waals surface area contributed by atoms with Gasteiger partial charge in [0.2, 0.25) is 15.9 Å². The van der Waals surface area contributed by atoms with E-state index in [2.05, 4.69) is 9.71 Å². The molecule has 160 valence electrons. The van der Waals surface area contributed by atoms with Crippen LogP contribution in [0.15, 0.2) is 76.0 Å². The normalized spacial score (nSPS) is 12.3. The first kappa shape index (κ1) is 20.9. The molecule has 31 heavy (non-hydrogen) atoms. The number of hydrogen-bond donors (Lipinski definition) is 1. The number of para-hydroxylation sites is 2. The molecule has 0 unspecified atom stereocenters. The fourth-order valence-corrected chi connectivity index (χ4v) is 3.63. The Kier molecular flexibility index (Phi) is 5.19. The molecule has 0 aliphatic rings. The van der Waals surface area contributed by atoms with E-state index in [1.165, 1.54) is 37.4 Å². The summed E-state index contributed by atoms with van der Waals surface area (Å²) in [5.41, 5.74) is 0.460. The first-order valence-electron chi connectivity index (χ1n) is 8.96. The Labute approximate surface area is 175 Å². The van der Waals surface area contributed by atoms with Gasteiger partial charge in [-0.25, -0.2) is 18.1 Å². The predicted octanol–water partition coefficient (Wildman–Crippen LogP) is 5.21. The first-order chi connectivity index (χ1) is 14.7. The van der Waals surface area contributed by atoms with E-state index in [1.807, 2.05) is 0 Å². The largest absolute Gasteiger partial charge is 0.457 e. The monoisotopic (exact) mass is 448 g/mol. The fraction of sp³-hybridized carbons (Fsp3) is 0.0952. The summed E-state index contributed by atoms with van der Waals surface area (Å²) in [6, 6.07) is 15.2. The Hall–Kier alpha value is -3.37. The van der Waals surface area contributed by atoms with Crippen LogP contribution in [0.3, 0.4) is 0 Å². The van der Waals surface area contributed by atoms with Crippen LogP contribution in [0.25, 0.3) is 22.6 Å². The van der Waals surface area contributed by atoms with E-state index in [0.717, 1.165) is 12.1 Å². The van der Waals surface area contributed by atoms with E-state index in [4.69, 9.17) is 9.15 Å². The average Bonchev–Trinajstić information content (AvgIpc) is 3.18. The molecule has 0 fully saturated rings. The Bertz CT molecular complexity index is 1310. The zero-order chi connectivity index (χ0) is 22.2. The first-order valence-corrected chi connectivity index (χ1v) is 10.4. The second kappa shape index (κ2) is 7.71. The van der Waals surface area contributed by atoms with E-state index in [0.29, 0.717) is 11.1 Å². The third-order valence-corrected chi connectivity index (χ3v) is 5.88. The number of alkyl halides is 3. The van der Waals surface area contributed by atoms with E-state index in [-0.39, 0.29) is 27.8 Å². The van der Waals surface area contributed by atoms with Crippen LogP contribution >= 0.6 is 0 Å². The molecule has 4 rings (SSSR count). The molecule has 1 N–H and O–H groups in total. The lowest BCUT2D eigenvalue weighted by Crippen LogP contribution is -2.18. The van der Waals surface area contributed by atoms with Gasteiger partial charge in [-0.05, 0) is 61.6 Å². The van der Waals surface area contributed by atoms with Gasteiger partial charge in [0.1, 0.15) is 17.0 Å². The zero-order valence-electron chi connectivity index (χ0n) is 16.0. The second-order valence-corrected chi connectivity index (χ2v) is 8.36. The van der Waals surface area contributed by atoms with Gasteiger partial charge in [0.15, 0.2) is 5.58 Å². The quantitative estimate of drug-likeness (QED) is 0.453. The Balaban J connectivity index is 1.80. The molecule has 0 radical (unpaired) electrons. The van der Waals surface area contributed by atoms with Crippen molar-refractivity contribution < 1.29 is 30.7 Å². The number of fused-ring (bicyclic) bond motifs is 1. The lowest BCUT2D eigenvalue weighted by atomic mass is 10.2. The van der Waals surface area contributed by atoms with Gasteiger partial charge in [0, 0.05) is 0 Å². The molecule has 1 heterocycles. The molecule has 0 saturated carbocycles. The van der Waals surface area contributed by atoms with Gasteiger partial charge < -0.3 is 9.15 Å². The van der Waals surface area contributed by atoms with Crippen LogP contribution in [0.1, 0.15) is 5.56 Å². The van der Waals surface area contributed by atoms with Crippen LogP contribution in [0.4, 0.5) is 13.2 Å². The lowest BCUT2D eigenvalue weighted by Gasteiger charge is -2.12. The van der Waals surface area contributed by atoms with E-state index in [9.17, 15) is 21.6 Å². The summed E-state index contributed by atoms with van der Waals surface area (Å²) in [5, 5.41) is 0. The summed E-state index contributed by atoms with van der Waals surface area (Å²) in [6.07, 6.45) is -4.47. The minimum Gasteiger partial charge on any atom is -0.457 e. The molecule has 1 aromatic heterocycles. The number of hydrogen-bond acceptors (Lipinski definition) is 5. The molecule has 0 spiro atoms. The van der Waals surface area contributed by atoms with Crippen molar-refractivity contribution in [2.45, 2.75) is 11.1 Å². The highest BCUT2D eigenvalue weighted by Gasteiger charge is 2.30. The number of nitrogens with zero attached hydrogens (tertiary/aromatic N) is 1. The van der Waals surface area contributed by atoms with Crippen LogP contribution in [0.5, 0.6) is 11.5 Å². The summed E-state index contributed by atoms with van der Waals surface area (Å²) in [6.45, 7) is 0. The third-order valence-electron chi connectivity index (χ3n) is 4.46. The number of benzene rings is 3. The van der Waals surface area contributed by atoms with Gasteiger partial charge in [0.25, 0.3) is 0 Å². The molecule has 6 nitrogen and oxygen atoms in total. The summed E-state index contributed by atoms with van der Waals surface area (Å²) < 4.78 is 76.6. The maximum atomic E-state index is 12.8. The van der Waals surface area contributed by atoms with Crippen LogP contribution in [0.2, 0.25) is 0 Å². The molecule has 4 aromatic rings. The van der Waals surface area contributed by atoms with Crippen LogP contribution in [-0.4, -0.2) is 20.4 Å². The van der Waals surface area contributed by atoms with Gasteiger partial charge in [-0.2, -0.15) is 13.2 Å². The van der Waals surface area contributed by atoms with Gasteiger partial charge in [-0.3, -0.25) is 0 Å². The van der Waals surface area contributed by atoms with Crippen molar-refractivity contribution in [2.24, 2.45) is 0 Å². The lowest BCUT2D eigenvalue weighted by molar-refractivity contribution is -0.137. The number of aromatic nitrogens is 1. The number of sulfonamides is 1. The highest BCUT2D eigenvalue weighted by atomic mass is 32.2. The summed E-state index contributed by atoms with van der Waals surface area (Å²) in [7, 11) is -2.49. The van der Waals surface area contributed by atoms with Crippen LogP contribution in [0, 0.1) is 0 Å². The SMILES string of the molecule is CNS(=O)(=O)c1ccc(Oc2ccc(C(F)(F)F)cc2)c(-c2nc3ccccc3o2)c1. The molecule has 0 amide bonds. The van der Waals surface area contributed by atoms with Gasteiger partial charge in [-0.15, -0.1) is 0 Å². The standard InChI is InChI=1S/C21H15F3N2O4S/c1-25-31(27,28)15-10-11-18(29-14-8-6-13(7-9-14)21(22,23)24)16(12-15)20-26-17-4-2-3-5-19(17)30-20/h2-12,25H,1H3.